The molecule has 3 aromatic rings. The quantitative estimate of drug-likeness (QED) is 0.0177. The molecule has 3 aromatic carbocycles. The highest BCUT2D eigenvalue weighted by Gasteiger charge is 2.44. The van der Waals surface area contributed by atoms with Crippen LogP contribution >= 0.6 is 28.9 Å². The summed E-state index contributed by atoms with van der Waals surface area (Å²) >= 11 is 0. The molecule has 368 valence electrons. The van der Waals surface area contributed by atoms with Crippen molar-refractivity contribution in [3.05, 3.63) is 91.0 Å². The fraction of sp³-hybridized carbons (Fsp3) is 0.426. The van der Waals surface area contributed by atoms with E-state index in [2.05, 4.69) is 67.1 Å². The molecule has 0 aromatic heterocycles. The first kappa shape index (κ1) is 56.5. The second-order valence-corrected chi connectivity index (χ2v) is 21.5. The molecule has 0 fully saturated rings. The minimum Gasteiger partial charge on any atom is -0.480 e. The third-order valence-corrected chi connectivity index (χ3v) is 17.5. The first-order valence-electron chi connectivity index (χ1n) is 21.8. The van der Waals surface area contributed by atoms with Gasteiger partial charge in [-0.15, -0.1) is 0 Å². The number of nitrogens with one attached hydrogen (secondary N) is 4. The Morgan fingerprint density at radius 2 is 1.04 bits per heavy atom. The second-order valence-electron chi connectivity index (χ2n) is 15.3. The van der Waals surface area contributed by atoms with Crippen LogP contribution < -0.4 is 42.9 Å². The Kier molecular flexibility index (Phi) is 25.4. The lowest BCUT2D eigenvalue weighted by Crippen LogP contribution is -2.49. The Morgan fingerprint density at radius 1 is 0.574 bits per heavy atom. The van der Waals surface area contributed by atoms with Gasteiger partial charge >= 0.3 is 23.9 Å². The van der Waals surface area contributed by atoms with Crippen LogP contribution in [0.5, 0.6) is 0 Å². The maximum Gasteiger partial charge on any atom is 0.328 e. The Hall–Kier alpha value is -5.82. The van der Waals surface area contributed by atoms with Gasteiger partial charge in [-0.3, -0.25) is 38.4 Å². The highest BCUT2D eigenvalue weighted by molar-refractivity contribution is 8.76. The largest absolute Gasteiger partial charge is 0.480 e. The van der Waals surface area contributed by atoms with Crippen molar-refractivity contribution in [3.8, 4) is 0 Å². The standard InChI is InChI=1S/C47H60N5O13PS2/c1-63-43(57)27-24-39(53)37(30-67-68-31-38(45(59)49-29-44(58)64-2)52-41(55)25-22-35(48)46(60)61)51-42(56)26-23-36(47(62)65-3)50-40(54)21-13-14-28-66(32-15-7-4-8-16-32,33-17-9-5-10-18-33)34-19-11-6-12-20-34/h4-12,15-20,35-38H,13-14,21-31,48H2,1-3H3,(H4-,49,50,51,52,54,55,56,59,60,61)/p+1/t35-,36-,37-,38-/m0/s1. The summed E-state index contributed by atoms with van der Waals surface area (Å²) in [6.07, 6.45) is 0.632. The first-order chi connectivity index (χ1) is 32.6. The molecular formula is C47H61N5O13PS2+. The van der Waals surface area contributed by atoms with Crippen LogP contribution in [0.1, 0.15) is 57.8 Å². The average Bonchev–Trinajstić information content (AvgIpc) is 3.36. The highest BCUT2D eigenvalue weighted by Crippen LogP contribution is 2.56. The smallest absolute Gasteiger partial charge is 0.328 e. The summed E-state index contributed by atoms with van der Waals surface area (Å²) in [4.78, 5) is 113. The topological polar surface area (TPSA) is 276 Å². The number of carbonyl (C=O) groups is 9. The van der Waals surface area contributed by atoms with E-state index < -0.39 is 91.3 Å². The van der Waals surface area contributed by atoms with Crippen LogP contribution in [0, 0.1) is 0 Å². The molecule has 0 unspecified atom stereocenters. The summed E-state index contributed by atoms with van der Waals surface area (Å²) in [6, 6.07) is 26.3. The number of carbonyl (C=O) groups excluding carboxylic acids is 8. The van der Waals surface area contributed by atoms with Crippen LogP contribution in [-0.2, 0) is 57.4 Å². The van der Waals surface area contributed by atoms with E-state index in [1.807, 2.05) is 54.6 Å². The zero-order chi connectivity index (χ0) is 49.9. The molecule has 0 spiro atoms. The number of benzene rings is 3. The van der Waals surface area contributed by atoms with Gasteiger partial charge in [-0.05, 0) is 62.1 Å². The lowest BCUT2D eigenvalue weighted by atomic mass is 10.1. The number of hydrogen-bond donors (Lipinski definition) is 6. The van der Waals surface area contributed by atoms with E-state index in [1.165, 1.54) is 30.1 Å². The molecular weight excluding hydrogens is 938 g/mol. The second kappa shape index (κ2) is 30.5. The third kappa shape index (κ3) is 19.1. The van der Waals surface area contributed by atoms with Gasteiger partial charge in [0.2, 0.25) is 23.6 Å². The lowest BCUT2D eigenvalue weighted by Gasteiger charge is -2.27. The van der Waals surface area contributed by atoms with Crippen molar-refractivity contribution >= 4 is 98.1 Å². The summed E-state index contributed by atoms with van der Waals surface area (Å²) in [5.41, 5.74) is 5.49. The maximum atomic E-state index is 13.3. The number of amides is 4. The normalized spacial score (nSPS) is 12.8. The molecule has 0 radical (unpaired) electrons. The van der Waals surface area contributed by atoms with Crippen LogP contribution in [0.4, 0.5) is 0 Å². The van der Waals surface area contributed by atoms with Crippen molar-refractivity contribution in [2.24, 2.45) is 5.73 Å². The molecule has 4 atom stereocenters. The molecule has 0 aliphatic rings. The van der Waals surface area contributed by atoms with Gasteiger partial charge in [-0.1, -0.05) is 76.2 Å². The van der Waals surface area contributed by atoms with Crippen molar-refractivity contribution in [2.75, 3.05) is 45.5 Å². The van der Waals surface area contributed by atoms with Crippen LogP contribution in [0.25, 0.3) is 0 Å². The number of unbranched alkanes of at least 4 members (excludes halogenated alkanes) is 1. The fourth-order valence-corrected chi connectivity index (χ4v) is 13.7. The van der Waals surface area contributed by atoms with Gasteiger partial charge in [0, 0.05) is 37.2 Å². The van der Waals surface area contributed by atoms with Crippen molar-refractivity contribution in [2.45, 2.75) is 82.0 Å². The number of carboxylic acid groups (broad SMARTS) is 1. The lowest BCUT2D eigenvalue weighted by molar-refractivity contribution is -0.145. The molecule has 3 rings (SSSR count). The molecule has 0 saturated carbocycles. The predicted molar refractivity (Wildman–Crippen MR) is 262 cm³/mol. The van der Waals surface area contributed by atoms with E-state index in [0.29, 0.717) is 12.8 Å². The van der Waals surface area contributed by atoms with E-state index in [0.717, 1.165) is 34.9 Å². The van der Waals surface area contributed by atoms with Crippen molar-refractivity contribution in [1.82, 2.24) is 21.3 Å². The van der Waals surface area contributed by atoms with Gasteiger partial charge in [-0.2, -0.15) is 0 Å². The van der Waals surface area contributed by atoms with Gasteiger partial charge in [0.05, 0.1) is 40.0 Å². The summed E-state index contributed by atoms with van der Waals surface area (Å²) in [5.74, 6) is -6.58. The molecule has 0 aliphatic carbocycles. The molecule has 0 saturated heterocycles. The summed E-state index contributed by atoms with van der Waals surface area (Å²) < 4.78 is 14.1. The number of ether oxygens (including phenoxy) is 3. The van der Waals surface area contributed by atoms with Gasteiger partial charge in [0.25, 0.3) is 0 Å². The minimum atomic E-state index is -2.11. The van der Waals surface area contributed by atoms with Gasteiger partial charge < -0.3 is 46.3 Å². The van der Waals surface area contributed by atoms with Crippen molar-refractivity contribution in [1.29, 1.82) is 0 Å². The summed E-state index contributed by atoms with van der Waals surface area (Å²) in [6.45, 7) is -0.492. The number of aliphatic carboxylic acids is 1. The summed E-state index contributed by atoms with van der Waals surface area (Å²) in [7, 11) is 3.45. The van der Waals surface area contributed by atoms with Crippen molar-refractivity contribution in [3.63, 3.8) is 0 Å². The molecule has 0 bridgehead atoms. The number of ketones is 1. The molecule has 4 amide bonds. The van der Waals surface area contributed by atoms with Crippen LogP contribution in [-0.4, -0.2) is 128 Å². The average molecular weight is 999 g/mol. The van der Waals surface area contributed by atoms with Crippen LogP contribution in [0.3, 0.4) is 0 Å². The van der Waals surface area contributed by atoms with Crippen LogP contribution in [0.2, 0.25) is 0 Å². The zero-order valence-electron chi connectivity index (χ0n) is 38.3. The molecule has 7 N–H and O–H groups in total. The Balaban J connectivity index is 1.64. The number of carboxylic acids is 1. The highest BCUT2D eigenvalue weighted by atomic mass is 33.1. The first-order valence-corrected chi connectivity index (χ1v) is 26.3. The Morgan fingerprint density at radius 3 is 1.54 bits per heavy atom. The number of rotatable bonds is 31. The number of nitrogens with two attached hydrogens (primary N) is 1. The molecule has 0 aliphatic heterocycles. The fourth-order valence-electron chi connectivity index (χ4n) is 6.88. The van der Waals surface area contributed by atoms with E-state index in [1.54, 1.807) is 0 Å². The van der Waals surface area contributed by atoms with E-state index in [-0.39, 0.29) is 56.5 Å². The predicted octanol–water partition coefficient (Wildman–Crippen LogP) is 1.94. The van der Waals surface area contributed by atoms with E-state index >= 15 is 0 Å². The molecule has 18 nitrogen and oxygen atoms in total. The third-order valence-electron chi connectivity index (χ3n) is 10.6. The SMILES string of the molecule is COC(=O)CCC(=O)[C@H](CSSC[C@H](NC(=O)CC[C@H](N)C(=O)O)C(=O)NCC(=O)OC)NC(=O)CC[C@H](NC(=O)CCCC[P+](c1ccccc1)(c1ccccc1)c1ccccc1)C(=O)OC. The van der Waals surface area contributed by atoms with Crippen LogP contribution in [0.15, 0.2) is 91.0 Å². The van der Waals surface area contributed by atoms with Crippen molar-refractivity contribution < 1.29 is 62.5 Å². The number of esters is 3. The number of hydrogen-bond acceptors (Lipinski definition) is 15. The molecule has 0 heterocycles. The molecule has 68 heavy (non-hydrogen) atoms. The monoisotopic (exact) mass is 998 g/mol. The van der Waals surface area contributed by atoms with Gasteiger partial charge in [-0.25, -0.2) is 4.79 Å². The van der Waals surface area contributed by atoms with E-state index in [4.69, 9.17) is 15.6 Å². The number of methoxy groups -OCH3 is 3. The zero-order valence-corrected chi connectivity index (χ0v) is 40.9. The minimum absolute atomic E-state index is 0.0616. The maximum absolute atomic E-state index is 13.3. The van der Waals surface area contributed by atoms with E-state index in [9.17, 15) is 43.2 Å². The Labute approximate surface area is 404 Å². The molecule has 21 heteroatoms. The number of Topliss-reactive ketones (excluding diaryl/α,β-unsaturated/α-hetero) is 1. The van der Waals surface area contributed by atoms with Gasteiger partial charge in [0.15, 0.2) is 5.78 Å². The summed E-state index contributed by atoms with van der Waals surface area (Å²) in [5, 5.41) is 22.9. The Bertz CT molecular complexity index is 2040. The van der Waals surface area contributed by atoms with Gasteiger partial charge in [0.1, 0.15) is 47.8 Å².